The molecule has 1 aromatic rings. The molecule has 4 heteroatoms. The van der Waals surface area contributed by atoms with E-state index in [9.17, 15) is 0 Å². The molecular formula is C9H9BrN2O. The third-order valence-electron chi connectivity index (χ3n) is 2.28. The molecule has 0 saturated carbocycles. The van der Waals surface area contributed by atoms with E-state index in [-0.39, 0.29) is 0 Å². The maximum absolute atomic E-state index is 8.77. The Morgan fingerprint density at radius 1 is 1.38 bits per heavy atom. The van der Waals surface area contributed by atoms with Gasteiger partial charge in [0.15, 0.2) is 0 Å². The van der Waals surface area contributed by atoms with E-state index in [4.69, 9.17) is 5.21 Å². The van der Waals surface area contributed by atoms with Crippen LogP contribution in [0, 0.1) is 0 Å². The first-order valence-corrected chi connectivity index (χ1v) is 4.96. The Morgan fingerprint density at radius 3 is 3.00 bits per heavy atom. The lowest BCUT2D eigenvalue weighted by molar-refractivity contribution is 0.317. The van der Waals surface area contributed by atoms with Crippen molar-refractivity contribution in [3.63, 3.8) is 0 Å². The van der Waals surface area contributed by atoms with Crippen LogP contribution in [0.2, 0.25) is 0 Å². The first-order chi connectivity index (χ1) is 6.33. The van der Waals surface area contributed by atoms with Gasteiger partial charge in [-0.15, -0.1) is 0 Å². The average molecular weight is 241 g/mol. The Morgan fingerprint density at radius 2 is 2.23 bits per heavy atom. The third-order valence-corrected chi connectivity index (χ3v) is 2.96. The van der Waals surface area contributed by atoms with Gasteiger partial charge in [0.25, 0.3) is 0 Å². The monoisotopic (exact) mass is 240 g/mol. The second-order valence-electron chi connectivity index (χ2n) is 3.05. The Kier molecular flexibility index (Phi) is 2.31. The van der Waals surface area contributed by atoms with E-state index in [0.29, 0.717) is 0 Å². The normalized spacial score (nSPS) is 18.7. The number of fused-ring (bicyclic) bond motifs is 1. The largest absolute Gasteiger partial charge is 0.411 e. The van der Waals surface area contributed by atoms with Crippen LogP contribution in [0.1, 0.15) is 24.0 Å². The van der Waals surface area contributed by atoms with Crippen LogP contribution >= 0.6 is 15.9 Å². The fourth-order valence-corrected chi connectivity index (χ4v) is 2.17. The molecule has 0 saturated heterocycles. The maximum atomic E-state index is 8.77. The highest BCUT2D eigenvalue weighted by Crippen LogP contribution is 2.27. The number of oxime groups is 1. The number of pyridine rings is 1. The molecule has 68 valence electrons. The summed E-state index contributed by atoms with van der Waals surface area (Å²) in [6.07, 6.45) is 6.43. The van der Waals surface area contributed by atoms with Crippen LogP contribution < -0.4 is 0 Å². The highest BCUT2D eigenvalue weighted by molar-refractivity contribution is 9.10. The van der Waals surface area contributed by atoms with Crippen molar-refractivity contribution in [3.8, 4) is 0 Å². The van der Waals surface area contributed by atoms with Gasteiger partial charge < -0.3 is 5.21 Å². The summed E-state index contributed by atoms with van der Waals surface area (Å²) in [6, 6.07) is 0. The minimum Gasteiger partial charge on any atom is -0.411 e. The third kappa shape index (κ3) is 1.46. The number of rotatable bonds is 0. The SMILES string of the molecule is O/N=C1\CCCc2c(Br)cncc21. The summed E-state index contributed by atoms with van der Waals surface area (Å²) in [5.74, 6) is 0. The molecule has 0 spiro atoms. The van der Waals surface area contributed by atoms with Crippen LogP contribution in [0.4, 0.5) is 0 Å². The molecule has 0 radical (unpaired) electrons. The van der Waals surface area contributed by atoms with Gasteiger partial charge in [-0.1, -0.05) is 5.16 Å². The molecule has 0 atom stereocenters. The molecule has 2 rings (SSSR count). The second kappa shape index (κ2) is 3.46. The average Bonchev–Trinajstić information content (AvgIpc) is 2.18. The summed E-state index contributed by atoms with van der Waals surface area (Å²) in [7, 11) is 0. The van der Waals surface area contributed by atoms with Gasteiger partial charge >= 0.3 is 0 Å². The Balaban J connectivity index is 2.58. The number of halogens is 1. The number of hydrogen-bond donors (Lipinski definition) is 1. The molecule has 1 heterocycles. The lowest BCUT2D eigenvalue weighted by Gasteiger charge is -2.16. The van der Waals surface area contributed by atoms with Gasteiger partial charge in [-0.3, -0.25) is 4.98 Å². The van der Waals surface area contributed by atoms with E-state index < -0.39 is 0 Å². The summed E-state index contributed by atoms with van der Waals surface area (Å²) >= 11 is 3.44. The molecule has 13 heavy (non-hydrogen) atoms. The topological polar surface area (TPSA) is 45.5 Å². The smallest absolute Gasteiger partial charge is 0.0886 e. The van der Waals surface area contributed by atoms with Crippen LogP contribution in [-0.4, -0.2) is 15.9 Å². The molecule has 1 aliphatic rings. The van der Waals surface area contributed by atoms with E-state index in [1.165, 1.54) is 5.56 Å². The predicted octanol–water partition coefficient (Wildman–Crippen LogP) is 2.36. The van der Waals surface area contributed by atoms with E-state index >= 15 is 0 Å². The van der Waals surface area contributed by atoms with Crippen LogP contribution in [0.25, 0.3) is 0 Å². The Labute approximate surface area is 84.6 Å². The van der Waals surface area contributed by atoms with Gasteiger partial charge in [0, 0.05) is 22.4 Å². The lowest BCUT2D eigenvalue weighted by Crippen LogP contribution is -2.12. The standard InChI is InChI=1S/C9H9BrN2O/c10-8-5-11-4-7-6(8)2-1-3-9(7)12-13/h4-5,13H,1-3H2/b12-9+. The van der Waals surface area contributed by atoms with Crippen molar-refractivity contribution in [2.75, 3.05) is 0 Å². The minimum absolute atomic E-state index is 0.745. The summed E-state index contributed by atoms with van der Waals surface area (Å²) in [5, 5.41) is 12.1. The van der Waals surface area contributed by atoms with Crippen molar-refractivity contribution >= 4 is 21.6 Å². The maximum Gasteiger partial charge on any atom is 0.0886 e. The Hall–Kier alpha value is -0.900. The summed E-state index contributed by atoms with van der Waals surface area (Å²) in [5.41, 5.74) is 2.92. The van der Waals surface area contributed by atoms with Gasteiger partial charge in [0.2, 0.25) is 0 Å². The quantitative estimate of drug-likeness (QED) is 0.559. The van der Waals surface area contributed by atoms with Crippen molar-refractivity contribution in [2.24, 2.45) is 5.16 Å². The molecule has 0 aliphatic heterocycles. The first-order valence-electron chi connectivity index (χ1n) is 4.16. The molecule has 0 bridgehead atoms. The molecule has 1 aromatic heterocycles. The molecular weight excluding hydrogens is 232 g/mol. The highest BCUT2D eigenvalue weighted by Gasteiger charge is 2.17. The fraction of sp³-hybridized carbons (Fsp3) is 0.333. The molecule has 0 aromatic carbocycles. The van der Waals surface area contributed by atoms with Gasteiger partial charge in [0.05, 0.1) is 5.71 Å². The number of hydrogen-bond acceptors (Lipinski definition) is 3. The summed E-state index contributed by atoms with van der Waals surface area (Å²) in [6.45, 7) is 0. The molecule has 0 amide bonds. The van der Waals surface area contributed by atoms with E-state index in [1.54, 1.807) is 12.4 Å². The van der Waals surface area contributed by atoms with Gasteiger partial charge in [-0.25, -0.2) is 0 Å². The van der Waals surface area contributed by atoms with Crippen LogP contribution in [0.5, 0.6) is 0 Å². The van der Waals surface area contributed by atoms with Gasteiger partial charge in [-0.05, 0) is 40.8 Å². The van der Waals surface area contributed by atoms with Crippen molar-refractivity contribution in [3.05, 3.63) is 28.0 Å². The van der Waals surface area contributed by atoms with Crippen LogP contribution in [0.15, 0.2) is 22.0 Å². The molecule has 0 fully saturated rings. The van der Waals surface area contributed by atoms with Crippen molar-refractivity contribution < 1.29 is 5.21 Å². The lowest BCUT2D eigenvalue weighted by atomic mass is 9.92. The van der Waals surface area contributed by atoms with Crippen molar-refractivity contribution in [1.82, 2.24) is 4.98 Å². The predicted molar refractivity (Wildman–Crippen MR) is 53.2 cm³/mol. The highest BCUT2D eigenvalue weighted by atomic mass is 79.9. The molecule has 1 aliphatic carbocycles. The Bertz CT molecular complexity index is 363. The van der Waals surface area contributed by atoms with Crippen molar-refractivity contribution in [1.29, 1.82) is 0 Å². The summed E-state index contributed by atoms with van der Waals surface area (Å²) < 4.78 is 1.01. The van der Waals surface area contributed by atoms with Gasteiger partial charge in [0.1, 0.15) is 0 Å². The first kappa shape index (κ1) is 8.69. The number of nitrogens with zero attached hydrogens (tertiary/aromatic N) is 2. The molecule has 3 nitrogen and oxygen atoms in total. The zero-order valence-electron chi connectivity index (χ0n) is 7.00. The van der Waals surface area contributed by atoms with Crippen LogP contribution in [0.3, 0.4) is 0 Å². The van der Waals surface area contributed by atoms with E-state index in [0.717, 1.165) is 35.0 Å². The number of aromatic nitrogens is 1. The fourth-order valence-electron chi connectivity index (χ4n) is 1.64. The van der Waals surface area contributed by atoms with E-state index in [2.05, 4.69) is 26.1 Å². The minimum atomic E-state index is 0.745. The zero-order valence-corrected chi connectivity index (χ0v) is 8.58. The molecule has 1 N–H and O–H groups in total. The van der Waals surface area contributed by atoms with Gasteiger partial charge in [-0.2, -0.15) is 0 Å². The van der Waals surface area contributed by atoms with Crippen LogP contribution in [-0.2, 0) is 6.42 Å². The second-order valence-corrected chi connectivity index (χ2v) is 3.90. The van der Waals surface area contributed by atoms with Crippen molar-refractivity contribution in [2.45, 2.75) is 19.3 Å². The molecule has 0 unspecified atom stereocenters. The van der Waals surface area contributed by atoms with E-state index in [1.807, 2.05) is 0 Å². The zero-order chi connectivity index (χ0) is 9.26. The summed E-state index contributed by atoms with van der Waals surface area (Å²) in [4.78, 5) is 4.06.